The summed E-state index contributed by atoms with van der Waals surface area (Å²) in [5.41, 5.74) is 0.152. The monoisotopic (exact) mass is 337 g/mol. The molecule has 0 amide bonds. The van der Waals surface area contributed by atoms with Crippen LogP contribution in [0.3, 0.4) is 0 Å². The fourth-order valence-electron chi connectivity index (χ4n) is 3.26. The van der Waals surface area contributed by atoms with E-state index in [1.54, 1.807) is 25.4 Å². The number of halogens is 1. The molecule has 7 heteroatoms. The Kier molecular flexibility index (Phi) is 3.61. The largest absolute Gasteiger partial charge is 0.337 e. The van der Waals surface area contributed by atoms with Crippen LogP contribution in [0.5, 0.6) is 0 Å². The van der Waals surface area contributed by atoms with Crippen molar-refractivity contribution >= 4 is 10.0 Å². The van der Waals surface area contributed by atoms with Crippen molar-refractivity contribution in [1.82, 2.24) is 13.9 Å². The van der Waals surface area contributed by atoms with Crippen LogP contribution in [0.15, 0.2) is 35.5 Å². The molecule has 124 valence electrons. The second-order valence-corrected chi connectivity index (χ2v) is 8.55. The predicted molar refractivity (Wildman–Crippen MR) is 84.8 cm³/mol. The maximum Gasteiger partial charge on any atom is 0.246 e. The molecule has 0 N–H and O–H groups in total. The van der Waals surface area contributed by atoms with Gasteiger partial charge in [0.05, 0.1) is 6.04 Å². The van der Waals surface area contributed by atoms with Gasteiger partial charge < -0.3 is 4.57 Å². The molecule has 2 heterocycles. The molecule has 1 unspecified atom stereocenters. The number of rotatable bonds is 3. The third-order valence-electron chi connectivity index (χ3n) is 4.43. The standard InChI is InChI=1S/C16H20FN3O2S/c1-11-6-5-7-12(17)13(11)23(21,22)20-10-16(2,3)14(20)15-18-8-9-19(15)4/h5-9,14H,10H2,1-4H3. The Morgan fingerprint density at radius 2 is 2.04 bits per heavy atom. The van der Waals surface area contributed by atoms with Crippen molar-refractivity contribution in [3.05, 3.63) is 47.8 Å². The van der Waals surface area contributed by atoms with Crippen molar-refractivity contribution in [2.75, 3.05) is 6.54 Å². The number of imidazole rings is 1. The summed E-state index contributed by atoms with van der Waals surface area (Å²) >= 11 is 0. The molecule has 0 radical (unpaired) electrons. The van der Waals surface area contributed by atoms with Crippen molar-refractivity contribution < 1.29 is 12.8 Å². The first-order chi connectivity index (χ1) is 10.7. The van der Waals surface area contributed by atoms with Gasteiger partial charge in [-0.2, -0.15) is 4.31 Å². The Balaban J connectivity index is 2.09. The minimum atomic E-state index is -3.92. The zero-order valence-corrected chi connectivity index (χ0v) is 14.4. The molecule has 0 spiro atoms. The van der Waals surface area contributed by atoms with Crippen molar-refractivity contribution in [3.63, 3.8) is 0 Å². The highest BCUT2D eigenvalue weighted by Gasteiger charge is 2.54. The van der Waals surface area contributed by atoms with Gasteiger partial charge in [-0.3, -0.25) is 0 Å². The van der Waals surface area contributed by atoms with E-state index in [-0.39, 0.29) is 10.3 Å². The summed E-state index contributed by atoms with van der Waals surface area (Å²) in [6, 6.07) is 3.89. The molecule has 1 saturated heterocycles. The van der Waals surface area contributed by atoms with Gasteiger partial charge >= 0.3 is 0 Å². The van der Waals surface area contributed by atoms with Crippen molar-refractivity contribution in [2.24, 2.45) is 12.5 Å². The van der Waals surface area contributed by atoms with Gasteiger partial charge in [-0.1, -0.05) is 26.0 Å². The van der Waals surface area contributed by atoms with Crippen molar-refractivity contribution in [1.29, 1.82) is 0 Å². The maximum atomic E-state index is 14.2. The Bertz CT molecular complexity index is 838. The van der Waals surface area contributed by atoms with Gasteiger partial charge in [-0.25, -0.2) is 17.8 Å². The molecule has 1 aromatic carbocycles. The first kappa shape index (κ1) is 16.1. The van der Waals surface area contributed by atoms with E-state index < -0.39 is 21.9 Å². The lowest BCUT2D eigenvalue weighted by molar-refractivity contribution is 0.0118. The first-order valence-corrected chi connectivity index (χ1v) is 8.84. The lowest BCUT2D eigenvalue weighted by Crippen LogP contribution is -2.58. The van der Waals surface area contributed by atoms with E-state index in [1.165, 1.54) is 16.4 Å². The van der Waals surface area contributed by atoms with Crippen LogP contribution in [0, 0.1) is 18.2 Å². The zero-order chi connectivity index (χ0) is 17.0. The van der Waals surface area contributed by atoms with E-state index in [2.05, 4.69) is 4.98 Å². The molecule has 0 aliphatic carbocycles. The Morgan fingerprint density at radius 1 is 1.35 bits per heavy atom. The number of hydrogen-bond donors (Lipinski definition) is 0. The lowest BCUT2D eigenvalue weighted by Gasteiger charge is -2.52. The molecule has 1 aliphatic rings. The van der Waals surface area contributed by atoms with Crippen LogP contribution < -0.4 is 0 Å². The van der Waals surface area contributed by atoms with Gasteiger partial charge in [0.2, 0.25) is 10.0 Å². The van der Waals surface area contributed by atoms with E-state index >= 15 is 0 Å². The summed E-state index contributed by atoms with van der Waals surface area (Å²) in [6.45, 7) is 5.93. The van der Waals surface area contributed by atoms with E-state index in [0.29, 0.717) is 17.9 Å². The van der Waals surface area contributed by atoms with Crippen molar-refractivity contribution in [2.45, 2.75) is 31.7 Å². The number of nitrogens with zero attached hydrogens (tertiary/aromatic N) is 3. The summed E-state index contributed by atoms with van der Waals surface area (Å²) in [7, 11) is -2.09. The van der Waals surface area contributed by atoms with E-state index in [9.17, 15) is 12.8 Å². The average Bonchev–Trinajstić information content (AvgIpc) is 2.82. The van der Waals surface area contributed by atoms with Crippen LogP contribution in [0.25, 0.3) is 0 Å². The summed E-state index contributed by atoms with van der Waals surface area (Å²) in [6.07, 6.45) is 3.42. The molecule has 1 atom stereocenters. The van der Waals surface area contributed by atoms with Crippen LogP contribution in [0.2, 0.25) is 0 Å². The first-order valence-electron chi connectivity index (χ1n) is 7.40. The predicted octanol–water partition coefficient (Wildman–Crippen LogP) is 2.64. The molecule has 3 rings (SSSR count). The molecule has 1 aromatic heterocycles. The average molecular weight is 337 g/mol. The fourth-order valence-corrected chi connectivity index (χ4v) is 5.44. The SMILES string of the molecule is Cc1cccc(F)c1S(=O)(=O)N1CC(C)(C)C1c1nccn1C. The topological polar surface area (TPSA) is 55.2 Å². The van der Waals surface area contributed by atoms with Gasteiger partial charge in [-0.15, -0.1) is 0 Å². The maximum absolute atomic E-state index is 14.2. The second-order valence-electron chi connectivity index (χ2n) is 6.72. The van der Waals surface area contributed by atoms with Crippen LogP contribution >= 0.6 is 0 Å². The number of aryl methyl sites for hydroxylation is 2. The summed E-state index contributed by atoms with van der Waals surface area (Å²) in [5.74, 6) is -0.0490. The summed E-state index contributed by atoms with van der Waals surface area (Å²) in [5, 5.41) is 0. The van der Waals surface area contributed by atoms with Gasteiger partial charge in [0.25, 0.3) is 0 Å². The smallest absolute Gasteiger partial charge is 0.246 e. The quantitative estimate of drug-likeness (QED) is 0.865. The Hall–Kier alpha value is -1.73. The summed E-state index contributed by atoms with van der Waals surface area (Å²) in [4.78, 5) is 4.06. The highest BCUT2D eigenvalue weighted by molar-refractivity contribution is 7.89. The number of hydrogen-bond acceptors (Lipinski definition) is 3. The highest BCUT2D eigenvalue weighted by Crippen LogP contribution is 2.50. The van der Waals surface area contributed by atoms with Gasteiger partial charge in [0.1, 0.15) is 16.5 Å². The Morgan fingerprint density at radius 3 is 2.57 bits per heavy atom. The highest BCUT2D eigenvalue weighted by atomic mass is 32.2. The molecule has 5 nitrogen and oxygen atoms in total. The lowest BCUT2D eigenvalue weighted by atomic mass is 9.76. The van der Waals surface area contributed by atoms with Crippen LogP contribution in [0.1, 0.15) is 31.3 Å². The molecule has 1 fully saturated rings. The molecular weight excluding hydrogens is 317 g/mol. The fraction of sp³-hybridized carbons (Fsp3) is 0.438. The molecule has 0 saturated carbocycles. The van der Waals surface area contributed by atoms with Gasteiger partial charge in [0, 0.05) is 31.4 Å². The molecular formula is C16H20FN3O2S. The zero-order valence-electron chi connectivity index (χ0n) is 13.6. The third-order valence-corrected chi connectivity index (χ3v) is 6.42. The van der Waals surface area contributed by atoms with E-state index in [0.717, 1.165) is 0 Å². The van der Waals surface area contributed by atoms with Crippen LogP contribution in [-0.4, -0.2) is 28.8 Å². The van der Waals surface area contributed by atoms with E-state index in [4.69, 9.17) is 0 Å². The molecule has 2 aromatic rings. The second kappa shape index (κ2) is 5.14. The summed E-state index contributed by atoms with van der Waals surface area (Å²) < 4.78 is 43.4. The Labute approximate surface area is 135 Å². The van der Waals surface area contributed by atoms with E-state index in [1.807, 2.05) is 25.5 Å². The number of sulfonamides is 1. The van der Waals surface area contributed by atoms with Gasteiger partial charge in [-0.05, 0) is 18.6 Å². The normalized spacial score (nSPS) is 21.2. The number of benzene rings is 1. The van der Waals surface area contributed by atoms with Crippen LogP contribution in [0.4, 0.5) is 4.39 Å². The minimum absolute atomic E-state index is 0.241. The third kappa shape index (κ3) is 2.38. The molecule has 0 bridgehead atoms. The number of aromatic nitrogens is 2. The van der Waals surface area contributed by atoms with Crippen molar-refractivity contribution in [3.8, 4) is 0 Å². The minimum Gasteiger partial charge on any atom is -0.337 e. The van der Waals surface area contributed by atoms with Gasteiger partial charge in [0.15, 0.2) is 0 Å². The molecule has 23 heavy (non-hydrogen) atoms. The molecule has 1 aliphatic heterocycles. The van der Waals surface area contributed by atoms with Crippen LogP contribution in [-0.2, 0) is 17.1 Å².